The van der Waals surface area contributed by atoms with E-state index in [0.717, 1.165) is 0 Å². The molecule has 0 unspecified atom stereocenters. The minimum absolute atomic E-state index is 1.23. The maximum atomic E-state index is 2.53. The Balaban J connectivity index is 2.17. The summed E-state index contributed by atoms with van der Waals surface area (Å²) in [5.41, 5.74) is 1.49. The molecule has 1 heterocycles. The first-order chi connectivity index (χ1) is 9.07. The first kappa shape index (κ1) is 13.2. The van der Waals surface area contributed by atoms with E-state index in [-0.39, 0.29) is 0 Å². The molecule has 3 rings (SSSR count). The molecule has 1 aliphatic heterocycles. The van der Waals surface area contributed by atoms with Crippen LogP contribution in [0.2, 0.25) is 19.6 Å². The van der Waals surface area contributed by atoms with Gasteiger partial charge in [0.25, 0.3) is 0 Å². The van der Waals surface area contributed by atoms with Crippen molar-refractivity contribution in [3.8, 4) is 0 Å². The number of benzene rings is 2. The van der Waals surface area contributed by atoms with Crippen molar-refractivity contribution in [3.05, 3.63) is 63.3 Å². The molecule has 0 aliphatic carbocycles. The van der Waals surface area contributed by atoms with E-state index in [4.69, 9.17) is 0 Å². The van der Waals surface area contributed by atoms with Crippen molar-refractivity contribution < 1.29 is 0 Å². The van der Waals surface area contributed by atoms with E-state index in [9.17, 15) is 0 Å². The van der Waals surface area contributed by atoms with Gasteiger partial charge in [-0.1, -0.05) is 0 Å². The van der Waals surface area contributed by atoms with Crippen LogP contribution >= 0.6 is 0 Å². The third-order valence-corrected chi connectivity index (χ3v) is 19.0. The topological polar surface area (TPSA) is 0 Å². The molecule has 0 atom stereocenters. The Morgan fingerprint density at radius 2 is 1.42 bits per heavy atom. The molecule has 0 bridgehead atoms. The number of hydrogen-bond acceptors (Lipinski definition) is 0. The van der Waals surface area contributed by atoms with Gasteiger partial charge in [-0.15, -0.1) is 0 Å². The zero-order valence-corrected chi connectivity index (χ0v) is 15.3. The zero-order valence-electron chi connectivity index (χ0n) is 11.7. The van der Waals surface area contributed by atoms with Crippen LogP contribution in [0.3, 0.4) is 0 Å². The van der Waals surface area contributed by atoms with Crippen molar-refractivity contribution in [1.82, 2.24) is 0 Å². The summed E-state index contributed by atoms with van der Waals surface area (Å²) < 4.78 is 5.11. The van der Waals surface area contributed by atoms with Crippen LogP contribution in [-0.4, -0.2) is 28.3 Å². The molecule has 1 aliphatic rings. The fourth-order valence-electron chi connectivity index (χ4n) is 2.56. The summed E-state index contributed by atoms with van der Waals surface area (Å²) in [4.78, 5) is 0. The molecule has 19 heavy (non-hydrogen) atoms. The van der Waals surface area contributed by atoms with Crippen molar-refractivity contribution in [1.29, 1.82) is 0 Å². The van der Waals surface area contributed by atoms with Gasteiger partial charge in [-0.3, -0.25) is 0 Å². The summed E-state index contributed by atoms with van der Waals surface area (Å²) in [6, 6.07) is 20.3. The SMILES string of the molecule is C[Si](C)(C)[C]1=Cc2cccc[c]2[Sb]1[c]1ccccc1. The average Bonchev–Trinajstić information content (AvgIpc) is 2.79. The third kappa shape index (κ3) is 2.46. The monoisotopic (exact) mass is 372 g/mol. The zero-order chi connectivity index (χ0) is 13.5. The van der Waals surface area contributed by atoms with Gasteiger partial charge in [0.1, 0.15) is 0 Å². The molecule has 0 amide bonds. The molecule has 2 aromatic carbocycles. The van der Waals surface area contributed by atoms with Crippen LogP contribution in [0.25, 0.3) is 6.08 Å². The van der Waals surface area contributed by atoms with Crippen LogP contribution < -0.4 is 7.02 Å². The summed E-state index contributed by atoms with van der Waals surface area (Å²) in [5.74, 6) is 0. The van der Waals surface area contributed by atoms with Gasteiger partial charge in [0.2, 0.25) is 0 Å². The Morgan fingerprint density at radius 3 is 2.11 bits per heavy atom. The van der Waals surface area contributed by atoms with Gasteiger partial charge in [-0.05, 0) is 0 Å². The number of rotatable bonds is 2. The van der Waals surface area contributed by atoms with Crippen molar-refractivity contribution in [3.63, 3.8) is 0 Å². The Bertz CT molecular complexity index is 623. The van der Waals surface area contributed by atoms with Crippen molar-refractivity contribution in [2.24, 2.45) is 0 Å². The van der Waals surface area contributed by atoms with Crippen LogP contribution in [0.15, 0.2) is 57.7 Å². The third-order valence-electron chi connectivity index (χ3n) is 3.49. The summed E-state index contributed by atoms with van der Waals surface area (Å²) >= 11 is -1.68. The van der Waals surface area contributed by atoms with E-state index in [1.54, 1.807) is 7.02 Å². The van der Waals surface area contributed by atoms with Crippen molar-refractivity contribution >= 4 is 41.4 Å². The van der Waals surface area contributed by atoms with Gasteiger partial charge in [-0.2, -0.15) is 0 Å². The number of hydrogen-bond donors (Lipinski definition) is 0. The van der Waals surface area contributed by atoms with E-state index >= 15 is 0 Å². The van der Waals surface area contributed by atoms with E-state index in [1.165, 1.54) is 5.56 Å². The first-order valence-electron chi connectivity index (χ1n) is 6.74. The summed E-state index contributed by atoms with van der Waals surface area (Å²) in [5, 5.41) is 0. The van der Waals surface area contributed by atoms with Crippen LogP contribution in [0.5, 0.6) is 0 Å². The molecule has 0 fully saturated rings. The molecule has 0 saturated carbocycles. The van der Waals surface area contributed by atoms with E-state index < -0.39 is 28.3 Å². The van der Waals surface area contributed by atoms with Gasteiger partial charge in [0.05, 0.1) is 0 Å². The van der Waals surface area contributed by atoms with E-state index in [2.05, 4.69) is 80.3 Å². The molecular formula is C17H19SbSi. The van der Waals surface area contributed by atoms with Gasteiger partial charge in [0.15, 0.2) is 0 Å². The summed E-state index contributed by atoms with van der Waals surface area (Å²) in [6.07, 6.45) is 2.53. The van der Waals surface area contributed by atoms with Gasteiger partial charge < -0.3 is 0 Å². The quantitative estimate of drug-likeness (QED) is 0.710. The van der Waals surface area contributed by atoms with Crippen LogP contribution in [-0.2, 0) is 0 Å². The van der Waals surface area contributed by atoms with Gasteiger partial charge in [0, 0.05) is 0 Å². The van der Waals surface area contributed by atoms with Crippen LogP contribution in [0.1, 0.15) is 5.56 Å². The fourth-order valence-corrected chi connectivity index (χ4v) is 17.5. The predicted octanol–water partition coefficient (Wildman–Crippen LogP) is 3.11. The van der Waals surface area contributed by atoms with E-state index in [1.807, 2.05) is 3.14 Å². The second-order valence-electron chi connectivity index (χ2n) is 6.01. The van der Waals surface area contributed by atoms with Crippen LogP contribution in [0, 0.1) is 0 Å². The fraction of sp³-hybridized carbons (Fsp3) is 0.176. The predicted molar refractivity (Wildman–Crippen MR) is 89.2 cm³/mol. The normalized spacial score (nSPS) is 15.2. The Morgan fingerprint density at radius 1 is 0.789 bits per heavy atom. The first-order valence-corrected chi connectivity index (χ1v) is 14.1. The molecule has 0 radical (unpaired) electrons. The molecule has 2 heteroatoms. The molecule has 0 nitrogen and oxygen atoms in total. The molecule has 0 spiro atoms. The van der Waals surface area contributed by atoms with Gasteiger partial charge >= 0.3 is 124 Å². The van der Waals surface area contributed by atoms with E-state index in [0.29, 0.717) is 0 Å². The molecule has 0 aromatic heterocycles. The molecule has 96 valence electrons. The van der Waals surface area contributed by atoms with Gasteiger partial charge in [-0.25, -0.2) is 0 Å². The Hall–Kier alpha value is -0.785. The Kier molecular flexibility index (Phi) is 3.45. The second kappa shape index (κ2) is 4.96. The van der Waals surface area contributed by atoms with Crippen molar-refractivity contribution in [2.75, 3.05) is 0 Å². The second-order valence-corrected chi connectivity index (χ2v) is 18.4. The van der Waals surface area contributed by atoms with Crippen molar-refractivity contribution in [2.45, 2.75) is 19.6 Å². The molecule has 0 N–H and O–H groups in total. The summed E-state index contributed by atoms with van der Waals surface area (Å²) in [6.45, 7) is 7.47. The number of fused-ring (bicyclic) bond motifs is 1. The minimum atomic E-state index is -1.68. The molecule has 2 aromatic rings. The summed E-state index contributed by atoms with van der Waals surface area (Å²) in [7, 11) is -1.23. The maximum absolute atomic E-state index is 2.53. The Labute approximate surface area is 124 Å². The molecule has 0 saturated heterocycles. The average molecular weight is 373 g/mol. The molecular weight excluding hydrogens is 354 g/mol. The standard InChI is InChI=1S/C11H14Si.C6H5.Sb/c1-12(2,3)10-9-11-7-5-4-6-8-11;1-2-4-6-5-3-1;/h4-7,9H,1-3H3;1-5H;. The van der Waals surface area contributed by atoms with Crippen LogP contribution in [0.4, 0.5) is 0 Å².